The molecule has 1 aromatic carbocycles. The summed E-state index contributed by atoms with van der Waals surface area (Å²) in [5, 5.41) is 6.32. The smallest absolute Gasteiger partial charge is 0.237 e. The van der Waals surface area contributed by atoms with Crippen molar-refractivity contribution in [2.45, 2.75) is 44.8 Å². The first-order chi connectivity index (χ1) is 9.20. The molecule has 4 heteroatoms. The lowest BCUT2D eigenvalue weighted by Gasteiger charge is -2.27. The molecule has 0 spiro atoms. The highest BCUT2D eigenvalue weighted by atomic mass is 16.5. The molecule has 1 heterocycles. The number of piperidine rings is 1. The minimum atomic E-state index is -0.0570. The highest BCUT2D eigenvalue weighted by Gasteiger charge is 2.23. The average molecular weight is 262 g/mol. The van der Waals surface area contributed by atoms with Gasteiger partial charge in [-0.1, -0.05) is 18.2 Å². The molecular formula is C15H22N2O2. The van der Waals surface area contributed by atoms with E-state index in [0.29, 0.717) is 12.6 Å². The second kappa shape index (κ2) is 6.57. The van der Waals surface area contributed by atoms with Crippen LogP contribution in [0.25, 0.3) is 0 Å². The molecule has 2 rings (SSSR count). The van der Waals surface area contributed by atoms with Crippen LogP contribution in [0.2, 0.25) is 0 Å². The van der Waals surface area contributed by atoms with Crippen LogP contribution in [0.3, 0.4) is 0 Å². The number of amides is 1. The summed E-state index contributed by atoms with van der Waals surface area (Å²) in [6, 6.07) is 8.12. The highest BCUT2D eigenvalue weighted by molar-refractivity contribution is 5.81. The Balaban J connectivity index is 1.89. The second-order valence-electron chi connectivity index (χ2n) is 5.08. The fourth-order valence-electron chi connectivity index (χ4n) is 2.50. The predicted molar refractivity (Wildman–Crippen MR) is 75.1 cm³/mol. The van der Waals surface area contributed by atoms with Gasteiger partial charge in [-0.25, -0.2) is 0 Å². The molecule has 1 aliphatic heterocycles. The SMILES string of the molecule is COc1ccccc1CNC(=O)C1CCCC(C)N1. The normalized spacial score (nSPS) is 22.8. The summed E-state index contributed by atoms with van der Waals surface area (Å²) >= 11 is 0. The number of rotatable bonds is 4. The zero-order valence-corrected chi connectivity index (χ0v) is 11.6. The molecule has 2 unspecified atom stereocenters. The largest absolute Gasteiger partial charge is 0.496 e. The van der Waals surface area contributed by atoms with Crippen LogP contribution in [0.4, 0.5) is 0 Å². The molecule has 1 amide bonds. The van der Waals surface area contributed by atoms with Gasteiger partial charge in [-0.05, 0) is 32.3 Å². The van der Waals surface area contributed by atoms with Crippen molar-refractivity contribution in [3.63, 3.8) is 0 Å². The Hall–Kier alpha value is -1.55. The van der Waals surface area contributed by atoms with E-state index in [9.17, 15) is 4.79 Å². The quantitative estimate of drug-likeness (QED) is 0.870. The van der Waals surface area contributed by atoms with Crippen molar-refractivity contribution >= 4 is 5.91 Å². The molecule has 0 saturated carbocycles. The van der Waals surface area contributed by atoms with Gasteiger partial charge in [-0.2, -0.15) is 0 Å². The van der Waals surface area contributed by atoms with E-state index in [-0.39, 0.29) is 11.9 Å². The maximum Gasteiger partial charge on any atom is 0.237 e. The van der Waals surface area contributed by atoms with Crippen molar-refractivity contribution < 1.29 is 9.53 Å². The van der Waals surface area contributed by atoms with Crippen molar-refractivity contribution in [1.29, 1.82) is 0 Å². The van der Waals surface area contributed by atoms with E-state index in [1.807, 2.05) is 24.3 Å². The zero-order chi connectivity index (χ0) is 13.7. The Morgan fingerprint density at radius 2 is 2.21 bits per heavy atom. The van der Waals surface area contributed by atoms with Gasteiger partial charge in [0.25, 0.3) is 0 Å². The molecule has 0 radical (unpaired) electrons. The van der Waals surface area contributed by atoms with Gasteiger partial charge >= 0.3 is 0 Å². The third kappa shape index (κ3) is 3.70. The minimum Gasteiger partial charge on any atom is -0.496 e. The summed E-state index contributed by atoms with van der Waals surface area (Å²) in [6.45, 7) is 2.63. The van der Waals surface area contributed by atoms with E-state index >= 15 is 0 Å². The molecule has 1 aliphatic rings. The monoisotopic (exact) mass is 262 g/mol. The van der Waals surface area contributed by atoms with Crippen LogP contribution in [0.15, 0.2) is 24.3 Å². The van der Waals surface area contributed by atoms with Gasteiger partial charge in [-0.3, -0.25) is 4.79 Å². The first kappa shape index (κ1) is 13.9. The predicted octanol–water partition coefficient (Wildman–Crippen LogP) is 1.84. The van der Waals surface area contributed by atoms with Crippen LogP contribution in [0.5, 0.6) is 5.75 Å². The fourth-order valence-corrected chi connectivity index (χ4v) is 2.50. The summed E-state index contributed by atoms with van der Waals surface area (Å²) in [6.07, 6.45) is 3.18. The number of benzene rings is 1. The van der Waals surface area contributed by atoms with Crippen LogP contribution < -0.4 is 15.4 Å². The zero-order valence-electron chi connectivity index (χ0n) is 11.6. The number of hydrogen-bond acceptors (Lipinski definition) is 3. The summed E-state index contributed by atoms with van der Waals surface area (Å²) in [4.78, 5) is 12.1. The molecule has 4 nitrogen and oxygen atoms in total. The summed E-state index contributed by atoms with van der Waals surface area (Å²) < 4.78 is 5.27. The Morgan fingerprint density at radius 3 is 2.95 bits per heavy atom. The molecule has 0 aromatic heterocycles. The maximum absolute atomic E-state index is 12.1. The van der Waals surface area contributed by atoms with Gasteiger partial charge in [0.05, 0.1) is 13.2 Å². The molecule has 104 valence electrons. The van der Waals surface area contributed by atoms with Gasteiger partial charge in [0, 0.05) is 18.2 Å². The van der Waals surface area contributed by atoms with Crippen molar-refractivity contribution in [3.8, 4) is 5.75 Å². The molecule has 0 aliphatic carbocycles. The Kier molecular flexibility index (Phi) is 4.80. The van der Waals surface area contributed by atoms with Gasteiger partial charge in [0.1, 0.15) is 5.75 Å². The van der Waals surface area contributed by atoms with Crippen molar-refractivity contribution in [2.24, 2.45) is 0 Å². The van der Waals surface area contributed by atoms with E-state index in [4.69, 9.17) is 4.74 Å². The number of para-hydroxylation sites is 1. The van der Waals surface area contributed by atoms with Crippen LogP contribution in [0.1, 0.15) is 31.7 Å². The second-order valence-corrected chi connectivity index (χ2v) is 5.08. The molecular weight excluding hydrogens is 240 g/mol. The number of methoxy groups -OCH3 is 1. The van der Waals surface area contributed by atoms with Gasteiger partial charge in [0.15, 0.2) is 0 Å². The number of carbonyl (C=O) groups is 1. The molecule has 2 atom stereocenters. The van der Waals surface area contributed by atoms with Crippen molar-refractivity contribution in [1.82, 2.24) is 10.6 Å². The van der Waals surface area contributed by atoms with Gasteiger partial charge in [-0.15, -0.1) is 0 Å². The lowest BCUT2D eigenvalue weighted by Crippen LogP contribution is -2.49. The first-order valence-corrected chi connectivity index (χ1v) is 6.86. The Labute approximate surface area is 114 Å². The molecule has 1 aromatic rings. The Morgan fingerprint density at radius 1 is 1.42 bits per heavy atom. The number of carbonyl (C=O) groups excluding carboxylic acids is 1. The number of ether oxygens (including phenoxy) is 1. The molecule has 0 bridgehead atoms. The summed E-state index contributed by atoms with van der Waals surface area (Å²) in [7, 11) is 1.64. The third-order valence-electron chi connectivity index (χ3n) is 3.58. The lowest BCUT2D eigenvalue weighted by atomic mass is 9.99. The number of hydrogen-bond donors (Lipinski definition) is 2. The molecule has 2 N–H and O–H groups in total. The van der Waals surface area contributed by atoms with Crippen LogP contribution >= 0.6 is 0 Å². The van der Waals surface area contributed by atoms with Crippen LogP contribution in [-0.4, -0.2) is 25.1 Å². The van der Waals surface area contributed by atoms with E-state index in [0.717, 1.165) is 30.6 Å². The summed E-state index contributed by atoms with van der Waals surface area (Å²) in [5.74, 6) is 0.894. The standard InChI is InChI=1S/C15H22N2O2/c1-11-6-5-8-13(17-11)15(18)16-10-12-7-3-4-9-14(12)19-2/h3-4,7,9,11,13,17H,5-6,8,10H2,1-2H3,(H,16,18). The molecule has 19 heavy (non-hydrogen) atoms. The van der Waals surface area contributed by atoms with E-state index in [2.05, 4.69) is 17.6 Å². The highest BCUT2D eigenvalue weighted by Crippen LogP contribution is 2.17. The van der Waals surface area contributed by atoms with E-state index in [1.54, 1.807) is 7.11 Å². The van der Waals surface area contributed by atoms with Crippen molar-refractivity contribution in [2.75, 3.05) is 7.11 Å². The van der Waals surface area contributed by atoms with E-state index in [1.165, 1.54) is 0 Å². The molecule has 1 fully saturated rings. The van der Waals surface area contributed by atoms with Gasteiger partial charge in [0.2, 0.25) is 5.91 Å². The Bertz CT molecular complexity index is 434. The van der Waals surface area contributed by atoms with Crippen LogP contribution in [0, 0.1) is 0 Å². The van der Waals surface area contributed by atoms with Crippen LogP contribution in [-0.2, 0) is 11.3 Å². The van der Waals surface area contributed by atoms with Gasteiger partial charge < -0.3 is 15.4 Å². The minimum absolute atomic E-state index is 0.0570. The van der Waals surface area contributed by atoms with Crippen molar-refractivity contribution in [3.05, 3.63) is 29.8 Å². The number of nitrogens with one attached hydrogen (secondary N) is 2. The lowest BCUT2D eigenvalue weighted by molar-refractivity contribution is -0.124. The maximum atomic E-state index is 12.1. The molecule has 1 saturated heterocycles. The average Bonchev–Trinajstić information content (AvgIpc) is 2.45. The first-order valence-electron chi connectivity index (χ1n) is 6.86. The summed E-state index contributed by atoms with van der Waals surface area (Å²) in [5.41, 5.74) is 1.00. The topological polar surface area (TPSA) is 50.4 Å². The van der Waals surface area contributed by atoms with E-state index < -0.39 is 0 Å². The third-order valence-corrected chi connectivity index (χ3v) is 3.58. The fraction of sp³-hybridized carbons (Fsp3) is 0.533.